The van der Waals surface area contributed by atoms with Crippen molar-refractivity contribution in [2.75, 3.05) is 32.4 Å². The van der Waals surface area contributed by atoms with Crippen LogP contribution in [0.2, 0.25) is 0 Å². The van der Waals surface area contributed by atoms with Gasteiger partial charge in [0.1, 0.15) is 0 Å². The van der Waals surface area contributed by atoms with Crippen LogP contribution in [0.4, 0.5) is 0 Å². The van der Waals surface area contributed by atoms with Gasteiger partial charge in [0.05, 0.1) is 0 Å². The normalized spacial score (nSPS) is 11.2. The van der Waals surface area contributed by atoms with Crippen molar-refractivity contribution in [3.8, 4) is 0 Å². The molecule has 0 aromatic heterocycles. The summed E-state index contributed by atoms with van der Waals surface area (Å²) in [5.74, 6) is 1.17. The second-order valence-electron chi connectivity index (χ2n) is 4.52. The van der Waals surface area contributed by atoms with Crippen molar-refractivity contribution in [1.82, 2.24) is 10.2 Å². The van der Waals surface area contributed by atoms with E-state index in [0.717, 1.165) is 19.6 Å². The monoisotopic (exact) mass is 266 g/mol. The number of rotatable bonds is 8. The first-order valence-electron chi connectivity index (χ1n) is 6.80. The maximum Gasteiger partial charge on any atom is 0.0213 e. The molecule has 102 valence electrons. The topological polar surface area (TPSA) is 15.3 Å². The zero-order chi connectivity index (χ0) is 13.4. The van der Waals surface area contributed by atoms with Gasteiger partial charge in [-0.15, -0.1) is 11.8 Å². The van der Waals surface area contributed by atoms with Gasteiger partial charge in [-0.25, -0.2) is 0 Å². The van der Waals surface area contributed by atoms with Crippen LogP contribution in [-0.4, -0.2) is 37.3 Å². The Morgan fingerprint density at radius 2 is 1.94 bits per heavy atom. The molecule has 0 bridgehead atoms. The molecule has 0 fully saturated rings. The first-order chi connectivity index (χ1) is 8.71. The molecule has 18 heavy (non-hydrogen) atoms. The summed E-state index contributed by atoms with van der Waals surface area (Å²) >= 11 is 1.97. The number of nitrogens with one attached hydrogen (secondary N) is 1. The van der Waals surface area contributed by atoms with Gasteiger partial charge in [-0.05, 0) is 38.7 Å². The molecule has 3 heteroatoms. The Bertz CT molecular complexity index is 348. The average molecular weight is 266 g/mol. The first-order valence-corrected chi connectivity index (χ1v) is 7.79. The summed E-state index contributed by atoms with van der Waals surface area (Å²) in [5, 5.41) is 3.25. The van der Waals surface area contributed by atoms with Gasteiger partial charge in [-0.1, -0.05) is 31.5 Å². The van der Waals surface area contributed by atoms with Gasteiger partial charge in [0, 0.05) is 23.7 Å². The van der Waals surface area contributed by atoms with E-state index in [2.05, 4.69) is 49.2 Å². The Morgan fingerprint density at radius 1 is 1.22 bits per heavy atom. The minimum atomic E-state index is 0.954. The highest BCUT2D eigenvalue weighted by molar-refractivity contribution is 7.99. The molecule has 0 heterocycles. The van der Waals surface area contributed by atoms with Gasteiger partial charge in [0.2, 0.25) is 0 Å². The molecule has 0 unspecified atom stereocenters. The van der Waals surface area contributed by atoms with Gasteiger partial charge in [0.15, 0.2) is 0 Å². The highest BCUT2D eigenvalue weighted by Gasteiger charge is 2.04. The molecular weight excluding hydrogens is 240 g/mol. The lowest BCUT2D eigenvalue weighted by Gasteiger charge is -2.18. The molecule has 0 atom stereocenters. The number of hydrogen-bond acceptors (Lipinski definition) is 3. The second kappa shape index (κ2) is 8.57. The molecule has 0 saturated carbocycles. The maximum atomic E-state index is 3.25. The van der Waals surface area contributed by atoms with E-state index < -0.39 is 0 Å². The van der Waals surface area contributed by atoms with E-state index in [1.54, 1.807) is 0 Å². The smallest absolute Gasteiger partial charge is 0.0213 e. The molecule has 0 amide bonds. The Balaban J connectivity index is 2.55. The summed E-state index contributed by atoms with van der Waals surface area (Å²) in [6.45, 7) is 11.0. The Labute approximate surface area is 116 Å². The third kappa shape index (κ3) is 5.01. The van der Waals surface area contributed by atoms with Crippen molar-refractivity contribution in [3.63, 3.8) is 0 Å². The van der Waals surface area contributed by atoms with Crippen LogP contribution in [0.3, 0.4) is 0 Å². The summed E-state index contributed by atoms with van der Waals surface area (Å²) in [6, 6.07) is 6.75. The highest BCUT2D eigenvalue weighted by atomic mass is 32.2. The molecule has 0 aliphatic carbocycles. The Kier molecular flexibility index (Phi) is 7.40. The van der Waals surface area contributed by atoms with E-state index in [1.807, 2.05) is 18.8 Å². The SMILES string of the molecule is CCN(CC)CCSc1ccc(C)cc1CNC. The third-order valence-corrected chi connectivity index (χ3v) is 4.24. The van der Waals surface area contributed by atoms with Crippen LogP contribution in [0, 0.1) is 6.92 Å². The molecule has 0 aliphatic heterocycles. The Hall–Kier alpha value is -0.510. The van der Waals surface area contributed by atoms with E-state index in [1.165, 1.54) is 28.3 Å². The minimum Gasteiger partial charge on any atom is -0.316 e. The van der Waals surface area contributed by atoms with Crippen molar-refractivity contribution in [3.05, 3.63) is 29.3 Å². The van der Waals surface area contributed by atoms with Crippen LogP contribution in [0.5, 0.6) is 0 Å². The quantitative estimate of drug-likeness (QED) is 0.728. The standard InChI is InChI=1S/C15H26N2S/c1-5-17(6-2)9-10-18-15-8-7-13(3)11-14(15)12-16-4/h7-8,11,16H,5-6,9-10,12H2,1-4H3. The van der Waals surface area contributed by atoms with Crippen LogP contribution in [0.25, 0.3) is 0 Å². The average Bonchev–Trinajstić information content (AvgIpc) is 2.37. The summed E-state index contributed by atoms with van der Waals surface area (Å²) in [6.07, 6.45) is 0. The first kappa shape index (κ1) is 15.5. The fourth-order valence-electron chi connectivity index (χ4n) is 2.00. The fourth-order valence-corrected chi connectivity index (χ4v) is 3.05. The zero-order valence-corrected chi connectivity index (χ0v) is 12.9. The lowest BCUT2D eigenvalue weighted by molar-refractivity contribution is 0.324. The van der Waals surface area contributed by atoms with Crippen LogP contribution < -0.4 is 5.32 Å². The van der Waals surface area contributed by atoms with E-state index in [4.69, 9.17) is 0 Å². The van der Waals surface area contributed by atoms with E-state index in [0.29, 0.717) is 0 Å². The maximum absolute atomic E-state index is 3.25. The summed E-state index contributed by atoms with van der Waals surface area (Å²) in [4.78, 5) is 3.89. The van der Waals surface area contributed by atoms with Crippen LogP contribution >= 0.6 is 11.8 Å². The fraction of sp³-hybridized carbons (Fsp3) is 0.600. The molecule has 1 N–H and O–H groups in total. The van der Waals surface area contributed by atoms with Gasteiger partial charge < -0.3 is 10.2 Å². The van der Waals surface area contributed by atoms with Gasteiger partial charge in [0.25, 0.3) is 0 Å². The number of aryl methyl sites for hydroxylation is 1. The largest absolute Gasteiger partial charge is 0.316 e. The molecule has 1 aromatic carbocycles. The van der Waals surface area contributed by atoms with Crippen molar-refractivity contribution < 1.29 is 0 Å². The van der Waals surface area contributed by atoms with E-state index in [-0.39, 0.29) is 0 Å². The molecule has 1 aromatic rings. The van der Waals surface area contributed by atoms with Crippen molar-refractivity contribution >= 4 is 11.8 Å². The molecule has 0 saturated heterocycles. The van der Waals surface area contributed by atoms with Crippen molar-refractivity contribution in [2.24, 2.45) is 0 Å². The molecule has 0 spiro atoms. The minimum absolute atomic E-state index is 0.954. The summed E-state index contributed by atoms with van der Waals surface area (Å²) in [7, 11) is 2.01. The highest BCUT2D eigenvalue weighted by Crippen LogP contribution is 2.23. The number of benzene rings is 1. The lowest BCUT2D eigenvalue weighted by atomic mass is 10.1. The molecular formula is C15H26N2S. The second-order valence-corrected chi connectivity index (χ2v) is 5.65. The molecule has 1 rings (SSSR count). The van der Waals surface area contributed by atoms with E-state index >= 15 is 0 Å². The van der Waals surface area contributed by atoms with E-state index in [9.17, 15) is 0 Å². The summed E-state index contributed by atoms with van der Waals surface area (Å²) < 4.78 is 0. The lowest BCUT2D eigenvalue weighted by Crippen LogP contribution is -2.25. The van der Waals surface area contributed by atoms with Crippen LogP contribution in [-0.2, 0) is 6.54 Å². The Morgan fingerprint density at radius 3 is 2.56 bits per heavy atom. The number of thioether (sulfide) groups is 1. The zero-order valence-electron chi connectivity index (χ0n) is 12.1. The number of hydrogen-bond donors (Lipinski definition) is 1. The predicted octanol–water partition coefficient (Wildman–Crippen LogP) is 3.15. The predicted molar refractivity (Wildman–Crippen MR) is 82.5 cm³/mol. The molecule has 0 radical (unpaired) electrons. The van der Waals surface area contributed by atoms with Gasteiger partial charge in [-0.3, -0.25) is 0 Å². The van der Waals surface area contributed by atoms with Gasteiger partial charge in [-0.2, -0.15) is 0 Å². The van der Waals surface area contributed by atoms with Crippen LogP contribution in [0.15, 0.2) is 23.1 Å². The summed E-state index contributed by atoms with van der Waals surface area (Å²) in [5.41, 5.74) is 2.76. The van der Waals surface area contributed by atoms with Crippen molar-refractivity contribution in [2.45, 2.75) is 32.2 Å². The molecule has 0 aliphatic rings. The number of nitrogens with zero attached hydrogens (tertiary/aromatic N) is 1. The molecule has 2 nitrogen and oxygen atoms in total. The van der Waals surface area contributed by atoms with Crippen molar-refractivity contribution in [1.29, 1.82) is 0 Å². The van der Waals surface area contributed by atoms with Crippen LogP contribution in [0.1, 0.15) is 25.0 Å². The van der Waals surface area contributed by atoms with Gasteiger partial charge >= 0.3 is 0 Å². The third-order valence-electron chi connectivity index (χ3n) is 3.14.